The normalized spacial score (nSPS) is 11.0. The van der Waals surface area contributed by atoms with Crippen molar-refractivity contribution in [3.05, 3.63) is 87.7 Å². The van der Waals surface area contributed by atoms with Crippen molar-refractivity contribution in [2.45, 2.75) is 19.7 Å². The number of hydrogen-bond donors (Lipinski definition) is 2. The second kappa shape index (κ2) is 9.39. The number of para-hydroxylation sites is 3. The van der Waals surface area contributed by atoms with Gasteiger partial charge in [-0.3, -0.25) is 0 Å². The summed E-state index contributed by atoms with van der Waals surface area (Å²) in [5.74, 6) is 2.26. The van der Waals surface area contributed by atoms with Crippen molar-refractivity contribution in [3.8, 4) is 11.5 Å². The molecular weight excluding hydrogens is 421 g/mol. The van der Waals surface area contributed by atoms with Gasteiger partial charge in [0, 0.05) is 12.1 Å². The van der Waals surface area contributed by atoms with Crippen molar-refractivity contribution in [1.29, 1.82) is 0 Å². The lowest BCUT2D eigenvalue weighted by atomic mass is 10.1. The number of imidazole rings is 1. The van der Waals surface area contributed by atoms with Gasteiger partial charge in [-0.2, -0.15) is 0 Å². The minimum absolute atomic E-state index is 0.355. The van der Waals surface area contributed by atoms with Gasteiger partial charge >= 0.3 is 0 Å². The minimum atomic E-state index is 0.355. The van der Waals surface area contributed by atoms with Crippen LogP contribution >= 0.6 is 23.2 Å². The molecule has 0 spiro atoms. The third kappa shape index (κ3) is 4.70. The molecule has 0 aliphatic rings. The summed E-state index contributed by atoms with van der Waals surface area (Å²) in [6.07, 6.45) is 0. The summed E-state index contributed by atoms with van der Waals surface area (Å²) < 4.78 is 11.6. The van der Waals surface area contributed by atoms with Gasteiger partial charge in [-0.25, -0.2) is 4.98 Å². The van der Waals surface area contributed by atoms with Crippen LogP contribution in [0.5, 0.6) is 11.5 Å². The third-order valence-corrected chi connectivity index (χ3v) is 5.43. The highest BCUT2D eigenvalue weighted by molar-refractivity contribution is 6.42. The van der Waals surface area contributed by atoms with Gasteiger partial charge in [0.05, 0.1) is 34.7 Å². The summed E-state index contributed by atoms with van der Waals surface area (Å²) in [5, 5.41) is 4.44. The SMILES string of the molecule is COc1cccc(CNCc2nc3ccccc3[nH]2)c1OCc1ccc(Cl)c(Cl)c1. The number of hydrogen-bond acceptors (Lipinski definition) is 4. The van der Waals surface area contributed by atoms with E-state index in [1.54, 1.807) is 19.2 Å². The fraction of sp³-hybridized carbons (Fsp3) is 0.174. The van der Waals surface area contributed by atoms with Gasteiger partial charge in [0.1, 0.15) is 12.4 Å². The number of methoxy groups -OCH3 is 1. The van der Waals surface area contributed by atoms with Crippen molar-refractivity contribution in [2.24, 2.45) is 0 Å². The Hall–Kier alpha value is -2.73. The molecule has 0 aliphatic heterocycles. The summed E-state index contributed by atoms with van der Waals surface area (Å²) in [6.45, 7) is 1.57. The van der Waals surface area contributed by atoms with Gasteiger partial charge in [0.25, 0.3) is 0 Å². The smallest absolute Gasteiger partial charge is 0.166 e. The first-order chi connectivity index (χ1) is 14.6. The van der Waals surface area contributed by atoms with Crippen LogP contribution in [-0.4, -0.2) is 17.1 Å². The lowest BCUT2D eigenvalue weighted by Crippen LogP contribution is -2.15. The van der Waals surface area contributed by atoms with Crippen LogP contribution in [0.2, 0.25) is 10.0 Å². The number of nitrogens with zero attached hydrogens (tertiary/aromatic N) is 1. The predicted molar refractivity (Wildman–Crippen MR) is 120 cm³/mol. The van der Waals surface area contributed by atoms with Crippen LogP contribution in [0.1, 0.15) is 17.0 Å². The summed E-state index contributed by atoms with van der Waals surface area (Å²) >= 11 is 12.1. The largest absolute Gasteiger partial charge is 0.493 e. The topological polar surface area (TPSA) is 59.2 Å². The van der Waals surface area contributed by atoms with Gasteiger partial charge < -0.3 is 19.8 Å². The van der Waals surface area contributed by atoms with Crippen LogP contribution in [0.15, 0.2) is 60.7 Å². The number of rotatable bonds is 8. The molecule has 0 radical (unpaired) electrons. The molecule has 3 aromatic carbocycles. The quantitative estimate of drug-likeness (QED) is 0.365. The van der Waals surface area contributed by atoms with E-state index in [9.17, 15) is 0 Å². The maximum atomic E-state index is 6.11. The minimum Gasteiger partial charge on any atom is -0.493 e. The van der Waals surface area contributed by atoms with E-state index in [1.807, 2.05) is 48.5 Å². The second-order valence-corrected chi connectivity index (χ2v) is 7.60. The van der Waals surface area contributed by atoms with Crippen molar-refractivity contribution in [2.75, 3.05) is 7.11 Å². The zero-order valence-corrected chi connectivity index (χ0v) is 17.9. The number of benzene rings is 3. The van der Waals surface area contributed by atoms with Gasteiger partial charge in [-0.15, -0.1) is 0 Å². The average molecular weight is 442 g/mol. The van der Waals surface area contributed by atoms with Crippen LogP contribution in [0, 0.1) is 0 Å². The molecule has 4 aromatic rings. The highest BCUT2D eigenvalue weighted by atomic mass is 35.5. The van der Waals surface area contributed by atoms with Gasteiger partial charge in [-0.1, -0.05) is 53.5 Å². The van der Waals surface area contributed by atoms with Crippen LogP contribution in [-0.2, 0) is 19.7 Å². The summed E-state index contributed by atoms with van der Waals surface area (Å²) in [6, 6.07) is 19.3. The molecule has 0 saturated carbocycles. The fourth-order valence-electron chi connectivity index (χ4n) is 3.21. The molecule has 0 aliphatic carbocycles. The van der Waals surface area contributed by atoms with Gasteiger partial charge in [0.2, 0.25) is 0 Å². The Morgan fingerprint density at radius 2 is 1.83 bits per heavy atom. The predicted octanol–water partition coefficient (Wildman–Crippen LogP) is 5.75. The zero-order valence-electron chi connectivity index (χ0n) is 16.4. The monoisotopic (exact) mass is 441 g/mol. The Morgan fingerprint density at radius 3 is 2.63 bits per heavy atom. The molecule has 0 saturated heterocycles. The number of aromatic amines is 1. The maximum absolute atomic E-state index is 6.11. The highest BCUT2D eigenvalue weighted by Gasteiger charge is 2.12. The average Bonchev–Trinajstić information content (AvgIpc) is 3.17. The summed E-state index contributed by atoms with van der Waals surface area (Å²) in [7, 11) is 1.63. The Kier molecular flexibility index (Phi) is 6.43. The standard InChI is InChI=1S/C23H21Cl2N3O2/c1-29-21-8-4-5-16(23(21)30-14-15-9-10-17(24)18(25)11-15)12-26-13-22-27-19-6-2-3-7-20(19)28-22/h2-11,26H,12-14H2,1H3,(H,27,28). The molecule has 0 bridgehead atoms. The number of halogens is 2. The molecule has 154 valence electrons. The highest BCUT2D eigenvalue weighted by Crippen LogP contribution is 2.32. The Labute approximate surface area is 184 Å². The van der Waals surface area contributed by atoms with Crippen molar-refractivity contribution in [1.82, 2.24) is 15.3 Å². The molecular formula is C23H21Cl2N3O2. The molecule has 1 aromatic heterocycles. The number of nitrogens with one attached hydrogen (secondary N) is 2. The molecule has 5 nitrogen and oxygen atoms in total. The van der Waals surface area contributed by atoms with E-state index in [4.69, 9.17) is 32.7 Å². The van der Waals surface area contributed by atoms with Crippen molar-refractivity contribution in [3.63, 3.8) is 0 Å². The summed E-state index contributed by atoms with van der Waals surface area (Å²) in [5.41, 5.74) is 3.91. The van der Waals surface area contributed by atoms with Crippen molar-refractivity contribution < 1.29 is 9.47 Å². The lowest BCUT2D eigenvalue weighted by molar-refractivity contribution is 0.280. The van der Waals surface area contributed by atoms with E-state index in [2.05, 4.69) is 15.3 Å². The van der Waals surface area contributed by atoms with Gasteiger partial charge in [-0.05, 0) is 35.9 Å². The molecule has 30 heavy (non-hydrogen) atoms. The lowest BCUT2D eigenvalue weighted by Gasteiger charge is -2.16. The van der Waals surface area contributed by atoms with E-state index >= 15 is 0 Å². The molecule has 4 rings (SSSR count). The van der Waals surface area contributed by atoms with Crippen molar-refractivity contribution >= 4 is 34.2 Å². The number of fused-ring (bicyclic) bond motifs is 1. The molecule has 0 atom stereocenters. The maximum Gasteiger partial charge on any atom is 0.166 e. The van der Waals surface area contributed by atoms with E-state index in [1.165, 1.54) is 0 Å². The fourth-order valence-corrected chi connectivity index (χ4v) is 3.54. The molecule has 7 heteroatoms. The third-order valence-electron chi connectivity index (χ3n) is 4.69. The molecule has 2 N–H and O–H groups in total. The van der Waals surface area contributed by atoms with Crippen LogP contribution in [0.25, 0.3) is 11.0 Å². The first-order valence-electron chi connectivity index (χ1n) is 9.51. The van der Waals surface area contributed by atoms with E-state index in [0.717, 1.165) is 28.0 Å². The van der Waals surface area contributed by atoms with Crippen LogP contribution < -0.4 is 14.8 Å². The molecule has 0 amide bonds. The van der Waals surface area contributed by atoms with E-state index in [0.29, 0.717) is 41.2 Å². The Morgan fingerprint density at radius 1 is 0.967 bits per heavy atom. The second-order valence-electron chi connectivity index (χ2n) is 6.79. The Bertz CT molecular complexity index is 1130. The molecule has 0 unspecified atom stereocenters. The first-order valence-corrected chi connectivity index (χ1v) is 10.3. The molecule has 0 fully saturated rings. The number of aromatic nitrogens is 2. The zero-order chi connectivity index (χ0) is 20.9. The van der Waals surface area contributed by atoms with E-state index < -0.39 is 0 Å². The van der Waals surface area contributed by atoms with Crippen LogP contribution in [0.4, 0.5) is 0 Å². The van der Waals surface area contributed by atoms with Crippen LogP contribution in [0.3, 0.4) is 0 Å². The van der Waals surface area contributed by atoms with E-state index in [-0.39, 0.29) is 0 Å². The number of H-pyrrole nitrogens is 1. The Balaban J connectivity index is 1.45. The van der Waals surface area contributed by atoms with Gasteiger partial charge in [0.15, 0.2) is 11.5 Å². The molecule has 1 heterocycles. The summed E-state index contributed by atoms with van der Waals surface area (Å²) in [4.78, 5) is 7.92. The number of ether oxygens (including phenoxy) is 2. The first kappa shape index (κ1) is 20.5.